The lowest BCUT2D eigenvalue weighted by Gasteiger charge is -2.23. The number of methoxy groups -OCH3 is 1. The van der Waals surface area contributed by atoms with Gasteiger partial charge in [0.25, 0.3) is 0 Å². The summed E-state index contributed by atoms with van der Waals surface area (Å²) in [6, 6.07) is 2.96. The number of nitrogens with one attached hydrogen (secondary N) is 1. The largest absolute Gasteiger partial charge is 0.468 e. The Morgan fingerprint density at radius 3 is 2.43 bits per heavy atom. The zero-order valence-corrected chi connectivity index (χ0v) is 12.2. The predicted molar refractivity (Wildman–Crippen MR) is 75.7 cm³/mol. The zero-order valence-electron chi connectivity index (χ0n) is 12.2. The second-order valence-corrected chi connectivity index (χ2v) is 5.48. The fourth-order valence-electron chi connectivity index (χ4n) is 2.79. The highest BCUT2D eigenvalue weighted by molar-refractivity contribution is 5.77. The van der Waals surface area contributed by atoms with E-state index in [1.54, 1.807) is 0 Å². The Labute approximate surface area is 123 Å². The van der Waals surface area contributed by atoms with Crippen molar-refractivity contribution in [1.29, 1.82) is 0 Å². The van der Waals surface area contributed by atoms with Crippen molar-refractivity contribution in [3.8, 4) is 0 Å². The van der Waals surface area contributed by atoms with Crippen molar-refractivity contribution >= 4 is 5.97 Å². The summed E-state index contributed by atoms with van der Waals surface area (Å²) in [5, 5.41) is 3.25. The Kier molecular flexibility index (Phi) is 5.67. The molecule has 0 bridgehead atoms. The van der Waals surface area contributed by atoms with Crippen LogP contribution in [0.15, 0.2) is 18.2 Å². The number of rotatable bonds is 4. The number of ether oxygens (including phenoxy) is 1. The van der Waals surface area contributed by atoms with Crippen LogP contribution in [0.25, 0.3) is 0 Å². The number of carbonyl (C=O) groups is 1. The smallest absolute Gasteiger partial charge is 0.327 e. The van der Waals surface area contributed by atoms with Crippen LogP contribution in [0, 0.1) is 11.6 Å². The number of hydrogen-bond acceptors (Lipinski definition) is 3. The molecule has 0 spiro atoms. The minimum absolute atomic E-state index is 0.199. The summed E-state index contributed by atoms with van der Waals surface area (Å²) in [4.78, 5) is 12.0. The number of halogens is 2. The van der Waals surface area contributed by atoms with E-state index in [0.29, 0.717) is 5.56 Å². The van der Waals surface area contributed by atoms with Crippen molar-refractivity contribution in [3.63, 3.8) is 0 Å². The third-order valence-corrected chi connectivity index (χ3v) is 3.97. The molecule has 0 radical (unpaired) electrons. The van der Waals surface area contributed by atoms with Crippen LogP contribution < -0.4 is 5.32 Å². The average Bonchev–Trinajstić information content (AvgIpc) is 2.75. The summed E-state index contributed by atoms with van der Waals surface area (Å²) in [7, 11) is 1.30. The lowest BCUT2D eigenvalue weighted by molar-refractivity contribution is -0.143. The van der Waals surface area contributed by atoms with Gasteiger partial charge in [-0.3, -0.25) is 5.32 Å². The molecule has 3 nitrogen and oxygen atoms in total. The van der Waals surface area contributed by atoms with E-state index in [1.165, 1.54) is 26.0 Å². The van der Waals surface area contributed by atoms with Gasteiger partial charge in [0, 0.05) is 6.04 Å². The molecule has 1 aromatic carbocycles. The highest BCUT2D eigenvalue weighted by Crippen LogP contribution is 2.23. The molecule has 1 saturated carbocycles. The van der Waals surface area contributed by atoms with Crippen molar-refractivity contribution in [2.24, 2.45) is 0 Å². The summed E-state index contributed by atoms with van der Waals surface area (Å²) in [5.74, 6) is -2.36. The van der Waals surface area contributed by atoms with Crippen LogP contribution in [0.2, 0.25) is 0 Å². The fourth-order valence-corrected chi connectivity index (χ4v) is 2.79. The fraction of sp³-hybridized carbons (Fsp3) is 0.562. The molecule has 0 amide bonds. The molecule has 116 valence electrons. The highest BCUT2D eigenvalue weighted by atomic mass is 19.2. The molecule has 0 aliphatic heterocycles. The summed E-state index contributed by atoms with van der Waals surface area (Å²) >= 11 is 0. The van der Waals surface area contributed by atoms with E-state index in [-0.39, 0.29) is 6.04 Å². The Hall–Kier alpha value is -1.49. The van der Waals surface area contributed by atoms with E-state index >= 15 is 0 Å². The van der Waals surface area contributed by atoms with Crippen LogP contribution in [0.5, 0.6) is 0 Å². The average molecular weight is 297 g/mol. The van der Waals surface area contributed by atoms with E-state index in [4.69, 9.17) is 4.74 Å². The van der Waals surface area contributed by atoms with Crippen molar-refractivity contribution in [1.82, 2.24) is 5.32 Å². The maximum absolute atomic E-state index is 13.4. The second kappa shape index (κ2) is 7.50. The van der Waals surface area contributed by atoms with E-state index in [1.807, 2.05) is 0 Å². The third kappa shape index (κ3) is 4.24. The maximum Gasteiger partial charge on any atom is 0.327 e. The Bertz CT molecular complexity index is 485. The monoisotopic (exact) mass is 297 g/mol. The molecular weight excluding hydrogens is 276 g/mol. The molecule has 1 aliphatic rings. The molecule has 1 aromatic rings. The Morgan fingerprint density at radius 2 is 1.86 bits per heavy atom. The first-order valence-corrected chi connectivity index (χ1v) is 7.40. The van der Waals surface area contributed by atoms with Crippen LogP contribution >= 0.6 is 0 Å². The summed E-state index contributed by atoms with van der Waals surface area (Å²) in [6.45, 7) is 0. The maximum atomic E-state index is 13.4. The Morgan fingerprint density at radius 1 is 1.19 bits per heavy atom. The molecule has 2 rings (SSSR count). The minimum Gasteiger partial charge on any atom is -0.468 e. The van der Waals surface area contributed by atoms with Crippen LogP contribution in [-0.2, 0) is 9.53 Å². The molecule has 1 N–H and O–H groups in total. The van der Waals surface area contributed by atoms with Gasteiger partial charge in [-0.2, -0.15) is 0 Å². The second-order valence-electron chi connectivity index (χ2n) is 5.48. The van der Waals surface area contributed by atoms with Crippen molar-refractivity contribution < 1.29 is 18.3 Å². The summed E-state index contributed by atoms with van der Waals surface area (Å²) in [5.41, 5.74) is 0.394. The first-order chi connectivity index (χ1) is 10.1. The minimum atomic E-state index is -0.955. The number of carbonyl (C=O) groups excluding carboxylic acids is 1. The van der Waals surface area contributed by atoms with Gasteiger partial charge in [-0.15, -0.1) is 0 Å². The van der Waals surface area contributed by atoms with Crippen molar-refractivity contribution in [2.75, 3.05) is 7.11 Å². The molecule has 1 aliphatic carbocycles. The van der Waals surface area contributed by atoms with Gasteiger partial charge >= 0.3 is 5.97 Å². The normalized spacial score (nSPS) is 18.0. The van der Waals surface area contributed by atoms with Gasteiger partial charge in [-0.25, -0.2) is 13.6 Å². The molecule has 5 heteroatoms. The third-order valence-electron chi connectivity index (χ3n) is 3.97. The number of benzene rings is 1. The van der Waals surface area contributed by atoms with Crippen molar-refractivity contribution in [2.45, 2.75) is 50.6 Å². The topological polar surface area (TPSA) is 38.3 Å². The van der Waals surface area contributed by atoms with E-state index < -0.39 is 23.6 Å². The van der Waals surface area contributed by atoms with Crippen LogP contribution in [-0.4, -0.2) is 19.1 Å². The standard InChI is InChI=1S/C16H21F2NO2/c1-21-16(20)15(11-8-9-13(17)14(18)10-11)19-12-6-4-2-3-5-7-12/h8-10,12,15,19H,2-7H2,1H3. The van der Waals surface area contributed by atoms with Crippen molar-refractivity contribution in [3.05, 3.63) is 35.4 Å². The van der Waals surface area contributed by atoms with Gasteiger partial charge in [0.2, 0.25) is 0 Å². The first kappa shape index (κ1) is 15.9. The molecule has 0 aromatic heterocycles. The highest BCUT2D eigenvalue weighted by Gasteiger charge is 2.26. The molecule has 1 fully saturated rings. The molecular formula is C16H21F2NO2. The summed E-state index contributed by atoms with van der Waals surface area (Å²) in [6.07, 6.45) is 6.60. The van der Waals surface area contributed by atoms with E-state index in [9.17, 15) is 13.6 Å². The SMILES string of the molecule is COC(=O)C(NC1CCCCCC1)c1ccc(F)c(F)c1. The molecule has 1 atom stereocenters. The van der Waals surface area contributed by atoms with Gasteiger partial charge in [0.05, 0.1) is 7.11 Å². The molecule has 0 heterocycles. The Balaban J connectivity index is 2.17. The molecule has 1 unspecified atom stereocenters. The van der Waals surface area contributed by atoms with Crippen LogP contribution in [0.3, 0.4) is 0 Å². The zero-order chi connectivity index (χ0) is 15.2. The van der Waals surface area contributed by atoms with Crippen LogP contribution in [0.1, 0.15) is 50.1 Å². The lowest BCUT2D eigenvalue weighted by atomic mass is 10.0. The molecule has 0 saturated heterocycles. The van der Waals surface area contributed by atoms with Gasteiger partial charge in [-0.1, -0.05) is 31.7 Å². The number of esters is 1. The lowest BCUT2D eigenvalue weighted by Crippen LogP contribution is -2.37. The molecule has 21 heavy (non-hydrogen) atoms. The predicted octanol–water partition coefficient (Wildman–Crippen LogP) is 3.49. The van der Waals surface area contributed by atoms with Gasteiger partial charge in [0.1, 0.15) is 6.04 Å². The summed E-state index contributed by atoms with van der Waals surface area (Å²) < 4.78 is 31.2. The van der Waals surface area contributed by atoms with Gasteiger partial charge in [-0.05, 0) is 30.5 Å². The van der Waals surface area contributed by atoms with Gasteiger partial charge in [0.15, 0.2) is 11.6 Å². The quantitative estimate of drug-likeness (QED) is 0.683. The first-order valence-electron chi connectivity index (χ1n) is 7.40. The van der Waals surface area contributed by atoms with E-state index in [0.717, 1.165) is 37.8 Å². The van der Waals surface area contributed by atoms with E-state index in [2.05, 4.69) is 5.32 Å². The van der Waals surface area contributed by atoms with Crippen LogP contribution in [0.4, 0.5) is 8.78 Å². The van der Waals surface area contributed by atoms with Gasteiger partial charge < -0.3 is 4.74 Å². The number of hydrogen-bond donors (Lipinski definition) is 1.